The summed E-state index contributed by atoms with van der Waals surface area (Å²) in [5.41, 5.74) is 1.26. The molecule has 0 heterocycles. The van der Waals surface area contributed by atoms with Crippen molar-refractivity contribution in [3.63, 3.8) is 0 Å². The molecule has 2 rings (SSSR count). The van der Waals surface area contributed by atoms with Crippen molar-refractivity contribution in [3.8, 4) is 0 Å². The Balaban J connectivity index is 1.86. The van der Waals surface area contributed by atoms with E-state index >= 15 is 0 Å². The summed E-state index contributed by atoms with van der Waals surface area (Å²) in [6, 6.07) is 10.3. The second kappa shape index (κ2) is 5.49. The molecule has 0 radical (unpaired) electrons. The number of hydrogen-bond acceptors (Lipinski definition) is 1. The van der Waals surface area contributed by atoms with Gasteiger partial charge < -0.3 is 5.11 Å². The highest BCUT2D eigenvalue weighted by atomic mass is 16.3. The summed E-state index contributed by atoms with van der Waals surface area (Å²) in [6.07, 6.45) is 5.66. The first-order valence-corrected chi connectivity index (χ1v) is 6.47. The number of rotatable bonds is 3. The Labute approximate surface area is 98.5 Å². The molecule has 0 spiro atoms. The van der Waals surface area contributed by atoms with Crippen molar-refractivity contribution in [1.82, 2.24) is 0 Å². The third-order valence-electron chi connectivity index (χ3n) is 3.89. The fraction of sp³-hybridized carbons (Fsp3) is 0.600. The highest BCUT2D eigenvalue weighted by Crippen LogP contribution is 2.31. The summed E-state index contributed by atoms with van der Waals surface area (Å²) in [5, 5.41) is 10.2. The summed E-state index contributed by atoms with van der Waals surface area (Å²) in [7, 11) is 0. The van der Waals surface area contributed by atoms with E-state index in [1.807, 2.05) is 18.2 Å². The van der Waals surface area contributed by atoms with Crippen LogP contribution in [0.1, 0.15) is 38.2 Å². The van der Waals surface area contributed by atoms with Crippen LogP contribution in [0.3, 0.4) is 0 Å². The molecule has 1 atom stereocenters. The van der Waals surface area contributed by atoms with Gasteiger partial charge in [-0.1, -0.05) is 50.1 Å². The van der Waals surface area contributed by atoms with Crippen molar-refractivity contribution in [2.45, 2.75) is 45.1 Å². The quantitative estimate of drug-likeness (QED) is 0.824. The monoisotopic (exact) mass is 218 g/mol. The molecular formula is C15H22O. The molecule has 1 aliphatic rings. The third-order valence-corrected chi connectivity index (χ3v) is 3.89. The number of benzene rings is 1. The summed E-state index contributed by atoms with van der Waals surface area (Å²) in [6.45, 7) is 2.32. The molecule has 0 aromatic heterocycles. The van der Waals surface area contributed by atoms with E-state index in [0.29, 0.717) is 5.92 Å². The first-order valence-electron chi connectivity index (χ1n) is 6.47. The second-order valence-electron chi connectivity index (χ2n) is 5.28. The van der Waals surface area contributed by atoms with Crippen LogP contribution in [-0.2, 0) is 6.42 Å². The van der Waals surface area contributed by atoms with E-state index in [1.54, 1.807) is 0 Å². The number of aliphatic hydroxyl groups is 1. The molecule has 1 aromatic rings. The molecule has 1 nitrogen and oxygen atoms in total. The highest BCUT2D eigenvalue weighted by Gasteiger charge is 2.24. The van der Waals surface area contributed by atoms with E-state index in [9.17, 15) is 5.11 Å². The van der Waals surface area contributed by atoms with Gasteiger partial charge in [0.05, 0.1) is 6.10 Å². The second-order valence-corrected chi connectivity index (χ2v) is 5.28. The SMILES string of the molecule is CC1CCC(C(O)Cc2ccccc2)CC1. The van der Waals surface area contributed by atoms with Crippen LogP contribution in [0, 0.1) is 11.8 Å². The van der Waals surface area contributed by atoms with E-state index in [2.05, 4.69) is 19.1 Å². The van der Waals surface area contributed by atoms with Gasteiger partial charge in [0.15, 0.2) is 0 Å². The molecule has 1 heteroatoms. The van der Waals surface area contributed by atoms with Gasteiger partial charge in [-0.05, 0) is 36.7 Å². The van der Waals surface area contributed by atoms with Crippen molar-refractivity contribution in [1.29, 1.82) is 0 Å². The molecule has 0 amide bonds. The summed E-state index contributed by atoms with van der Waals surface area (Å²) in [4.78, 5) is 0. The molecule has 88 valence electrons. The summed E-state index contributed by atoms with van der Waals surface area (Å²) >= 11 is 0. The lowest BCUT2D eigenvalue weighted by molar-refractivity contribution is 0.0761. The Morgan fingerprint density at radius 3 is 2.38 bits per heavy atom. The van der Waals surface area contributed by atoms with Crippen LogP contribution in [0.25, 0.3) is 0 Å². The Hall–Kier alpha value is -0.820. The van der Waals surface area contributed by atoms with E-state index in [0.717, 1.165) is 12.3 Å². The predicted molar refractivity (Wildman–Crippen MR) is 67.3 cm³/mol. The van der Waals surface area contributed by atoms with E-state index < -0.39 is 0 Å². The maximum Gasteiger partial charge on any atom is 0.0608 e. The minimum absolute atomic E-state index is 0.144. The first kappa shape index (κ1) is 11.7. The van der Waals surface area contributed by atoms with Crippen molar-refractivity contribution < 1.29 is 5.11 Å². The van der Waals surface area contributed by atoms with E-state index in [4.69, 9.17) is 0 Å². The van der Waals surface area contributed by atoms with Crippen LogP contribution in [0.5, 0.6) is 0 Å². The largest absolute Gasteiger partial charge is 0.392 e. The Morgan fingerprint density at radius 2 is 1.75 bits per heavy atom. The lowest BCUT2D eigenvalue weighted by atomic mass is 9.79. The Bertz CT molecular complexity index is 298. The fourth-order valence-corrected chi connectivity index (χ4v) is 2.69. The van der Waals surface area contributed by atoms with Crippen LogP contribution < -0.4 is 0 Å². The van der Waals surface area contributed by atoms with Crippen molar-refractivity contribution in [2.24, 2.45) is 11.8 Å². The van der Waals surface area contributed by atoms with Crippen LogP contribution in [0.2, 0.25) is 0 Å². The lowest BCUT2D eigenvalue weighted by Gasteiger charge is -2.29. The molecule has 0 bridgehead atoms. The zero-order chi connectivity index (χ0) is 11.4. The van der Waals surface area contributed by atoms with E-state index in [1.165, 1.54) is 31.2 Å². The summed E-state index contributed by atoms with van der Waals surface area (Å²) in [5.74, 6) is 1.39. The van der Waals surface area contributed by atoms with Gasteiger partial charge in [-0.25, -0.2) is 0 Å². The van der Waals surface area contributed by atoms with E-state index in [-0.39, 0.29) is 6.10 Å². The minimum Gasteiger partial charge on any atom is -0.392 e. The van der Waals surface area contributed by atoms with Crippen LogP contribution in [-0.4, -0.2) is 11.2 Å². The minimum atomic E-state index is -0.144. The zero-order valence-electron chi connectivity index (χ0n) is 10.1. The molecule has 1 saturated carbocycles. The zero-order valence-corrected chi connectivity index (χ0v) is 10.1. The Morgan fingerprint density at radius 1 is 1.12 bits per heavy atom. The smallest absolute Gasteiger partial charge is 0.0608 e. The van der Waals surface area contributed by atoms with Crippen LogP contribution in [0.15, 0.2) is 30.3 Å². The third kappa shape index (κ3) is 3.08. The maximum absolute atomic E-state index is 10.2. The fourth-order valence-electron chi connectivity index (χ4n) is 2.69. The molecule has 0 saturated heterocycles. The van der Waals surface area contributed by atoms with Crippen molar-refractivity contribution in [3.05, 3.63) is 35.9 Å². The van der Waals surface area contributed by atoms with Gasteiger partial charge >= 0.3 is 0 Å². The van der Waals surface area contributed by atoms with Gasteiger partial charge in [0, 0.05) is 0 Å². The molecule has 0 aliphatic heterocycles. The topological polar surface area (TPSA) is 20.2 Å². The maximum atomic E-state index is 10.2. The molecule has 1 unspecified atom stereocenters. The molecule has 16 heavy (non-hydrogen) atoms. The van der Waals surface area contributed by atoms with Gasteiger partial charge in [-0.15, -0.1) is 0 Å². The average molecular weight is 218 g/mol. The summed E-state index contributed by atoms with van der Waals surface area (Å²) < 4.78 is 0. The van der Waals surface area contributed by atoms with Gasteiger partial charge in [-0.2, -0.15) is 0 Å². The van der Waals surface area contributed by atoms with Crippen LogP contribution >= 0.6 is 0 Å². The molecule has 1 aromatic carbocycles. The lowest BCUT2D eigenvalue weighted by Crippen LogP contribution is -2.26. The number of hydrogen-bond donors (Lipinski definition) is 1. The molecule has 1 aliphatic carbocycles. The van der Waals surface area contributed by atoms with Gasteiger partial charge in [0.25, 0.3) is 0 Å². The van der Waals surface area contributed by atoms with Gasteiger partial charge in [0.1, 0.15) is 0 Å². The predicted octanol–water partition coefficient (Wildman–Crippen LogP) is 3.42. The van der Waals surface area contributed by atoms with Gasteiger partial charge in [0.2, 0.25) is 0 Å². The molecule has 1 fully saturated rings. The average Bonchev–Trinajstić information content (AvgIpc) is 2.31. The molecular weight excluding hydrogens is 196 g/mol. The number of aliphatic hydroxyl groups excluding tert-OH is 1. The first-order chi connectivity index (χ1) is 7.75. The molecule has 1 N–H and O–H groups in total. The van der Waals surface area contributed by atoms with Crippen molar-refractivity contribution >= 4 is 0 Å². The normalized spacial score (nSPS) is 27.6. The highest BCUT2D eigenvalue weighted by molar-refractivity contribution is 5.15. The van der Waals surface area contributed by atoms with Crippen molar-refractivity contribution in [2.75, 3.05) is 0 Å². The van der Waals surface area contributed by atoms with Crippen LogP contribution in [0.4, 0.5) is 0 Å². The Kier molecular flexibility index (Phi) is 4.00. The van der Waals surface area contributed by atoms with Gasteiger partial charge in [-0.3, -0.25) is 0 Å². The standard InChI is InChI=1S/C15H22O/c1-12-7-9-14(10-8-12)15(16)11-13-5-3-2-4-6-13/h2-6,12,14-16H,7-11H2,1H3.